The SMILES string of the molecule is C#CCO[C@@H](C)OC(C)C(OC(C)=O)[C@@H](COC(C)=O)OC(C)=O. The zero-order valence-corrected chi connectivity index (χ0v) is 14.6. The van der Waals surface area contributed by atoms with Crippen molar-refractivity contribution in [2.45, 2.75) is 59.2 Å². The lowest BCUT2D eigenvalue weighted by Crippen LogP contribution is -2.46. The number of carbonyl (C=O) groups is 3. The van der Waals surface area contributed by atoms with Crippen molar-refractivity contribution in [3.05, 3.63) is 0 Å². The van der Waals surface area contributed by atoms with E-state index < -0.39 is 42.5 Å². The van der Waals surface area contributed by atoms with Gasteiger partial charge >= 0.3 is 17.9 Å². The smallest absolute Gasteiger partial charge is 0.303 e. The number of hydrogen-bond acceptors (Lipinski definition) is 8. The predicted octanol–water partition coefficient (Wildman–Crippen LogP) is 0.814. The number of carbonyl (C=O) groups excluding carboxylic acids is 3. The fourth-order valence-electron chi connectivity index (χ4n) is 1.86. The standard InChI is InChI=1S/C16H24O8/c1-7-8-20-14(6)22-10(2)16(24-13(5)19)15(23-12(4)18)9-21-11(3)17/h1,10,14-16H,8-9H2,2-6H3/t10?,14-,15-,16?/m1/s1. The molecule has 0 heterocycles. The highest BCUT2D eigenvalue weighted by Crippen LogP contribution is 2.16. The van der Waals surface area contributed by atoms with E-state index in [9.17, 15) is 14.4 Å². The van der Waals surface area contributed by atoms with Crippen molar-refractivity contribution in [1.82, 2.24) is 0 Å². The molecule has 0 aromatic rings. The molecule has 24 heavy (non-hydrogen) atoms. The van der Waals surface area contributed by atoms with Crippen LogP contribution in [0, 0.1) is 12.3 Å². The molecule has 0 aromatic heterocycles. The summed E-state index contributed by atoms with van der Waals surface area (Å²) in [6.07, 6.45) is 1.68. The molecule has 0 N–H and O–H groups in total. The second-order valence-corrected chi connectivity index (χ2v) is 4.95. The summed E-state index contributed by atoms with van der Waals surface area (Å²) in [5.41, 5.74) is 0. The largest absolute Gasteiger partial charge is 0.462 e. The molecule has 0 radical (unpaired) electrons. The molecule has 2 unspecified atom stereocenters. The second kappa shape index (κ2) is 11.4. The summed E-state index contributed by atoms with van der Waals surface area (Å²) in [6.45, 7) is 6.60. The van der Waals surface area contributed by atoms with Crippen LogP contribution < -0.4 is 0 Å². The van der Waals surface area contributed by atoms with Crippen LogP contribution in [0.3, 0.4) is 0 Å². The van der Waals surface area contributed by atoms with Crippen molar-refractivity contribution >= 4 is 17.9 Å². The molecular formula is C16H24O8. The zero-order chi connectivity index (χ0) is 18.7. The van der Waals surface area contributed by atoms with Crippen molar-refractivity contribution in [3.8, 4) is 12.3 Å². The van der Waals surface area contributed by atoms with Gasteiger partial charge in [-0.15, -0.1) is 6.42 Å². The Morgan fingerprint density at radius 1 is 1.00 bits per heavy atom. The molecule has 4 atom stereocenters. The lowest BCUT2D eigenvalue weighted by Gasteiger charge is -2.31. The van der Waals surface area contributed by atoms with Gasteiger partial charge in [0.2, 0.25) is 0 Å². The summed E-state index contributed by atoms with van der Waals surface area (Å²) in [7, 11) is 0. The Kier molecular flexibility index (Phi) is 10.4. The van der Waals surface area contributed by atoms with Crippen LogP contribution in [0.25, 0.3) is 0 Å². The van der Waals surface area contributed by atoms with Gasteiger partial charge in [0.1, 0.15) is 13.2 Å². The molecule has 0 bridgehead atoms. The number of terminal acetylenes is 1. The minimum Gasteiger partial charge on any atom is -0.462 e. The van der Waals surface area contributed by atoms with E-state index in [2.05, 4.69) is 5.92 Å². The number of hydrogen-bond donors (Lipinski definition) is 0. The maximum Gasteiger partial charge on any atom is 0.303 e. The summed E-state index contributed by atoms with van der Waals surface area (Å²) < 4.78 is 25.9. The lowest BCUT2D eigenvalue weighted by atomic mass is 10.1. The highest BCUT2D eigenvalue weighted by molar-refractivity contribution is 5.68. The van der Waals surface area contributed by atoms with Gasteiger partial charge in [-0.05, 0) is 13.8 Å². The second-order valence-electron chi connectivity index (χ2n) is 4.95. The van der Waals surface area contributed by atoms with Crippen molar-refractivity contribution in [2.24, 2.45) is 0 Å². The third-order valence-electron chi connectivity index (χ3n) is 2.71. The van der Waals surface area contributed by atoms with E-state index in [4.69, 9.17) is 30.1 Å². The fourth-order valence-corrected chi connectivity index (χ4v) is 1.86. The molecule has 0 fully saturated rings. The van der Waals surface area contributed by atoms with Gasteiger partial charge in [-0.1, -0.05) is 5.92 Å². The Labute approximate surface area is 141 Å². The van der Waals surface area contributed by atoms with E-state index in [1.807, 2.05) is 0 Å². The van der Waals surface area contributed by atoms with Gasteiger partial charge in [-0.3, -0.25) is 14.4 Å². The molecule has 0 aliphatic carbocycles. The molecule has 8 heteroatoms. The third-order valence-corrected chi connectivity index (χ3v) is 2.71. The van der Waals surface area contributed by atoms with Crippen molar-refractivity contribution in [2.75, 3.05) is 13.2 Å². The highest BCUT2D eigenvalue weighted by Gasteiger charge is 2.35. The predicted molar refractivity (Wildman–Crippen MR) is 82.5 cm³/mol. The minimum atomic E-state index is -1.02. The Hall–Kier alpha value is -2.11. The number of esters is 3. The average Bonchev–Trinajstić information content (AvgIpc) is 2.46. The molecule has 0 saturated carbocycles. The minimum absolute atomic E-state index is 0.0486. The van der Waals surface area contributed by atoms with Crippen LogP contribution >= 0.6 is 0 Å². The molecule has 0 rings (SSSR count). The maximum absolute atomic E-state index is 11.4. The molecule has 136 valence electrons. The van der Waals surface area contributed by atoms with Crippen molar-refractivity contribution in [1.29, 1.82) is 0 Å². The van der Waals surface area contributed by atoms with E-state index in [1.54, 1.807) is 13.8 Å². The van der Waals surface area contributed by atoms with Crippen LogP contribution in [0.1, 0.15) is 34.6 Å². The Bertz CT molecular complexity index is 467. The van der Waals surface area contributed by atoms with Crippen LogP contribution in [-0.2, 0) is 38.1 Å². The molecule has 0 amide bonds. The first-order valence-electron chi connectivity index (χ1n) is 7.35. The summed E-state index contributed by atoms with van der Waals surface area (Å²) in [5, 5.41) is 0. The molecule has 0 aliphatic heterocycles. The average molecular weight is 344 g/mol. The highest BCUT2D eigenvalue weighted by atomic mass is 16.7. The molecule has 0 aromatic carbocycles. The Morgan fingerprint density at radius 3 is 2.04 bits per heavy atom. The van der Waals surface area contributed by atoms with Crippen LogP contribution in [0.4, 0.5) is 0 Å². The number of ether oxygens (including phenoxy) is 5. The van der Waals surface area contributed by atoms with Crippen LogP contribution in [0.5, 0.6) is 0 Å². The molecule has 0 spiro atoms. The summed E-state index contributed by atoms with van der Waals surface area (Å²) >= 11 is 0. The van der Waals surface area contributed by atoms with Gasteiger partial charge in [0.25, 0.3) is 0 Å². The Balaban J connectivity index is 5.11. The van der Waals surface area contributed by atoms with E-state index in [0.29, 0.717) is 0 Å². The first-order chi connectivity index (χ1) is 11.2. The van der Waals surface area contributed by atoms with Gasteiger partial charge < -0.3 is 23.7 Å². The van der Waals surface area contributed by atoms with E-state index >= 15 is 0 Å². The Morgan fingerprint density at radius 2 is 1.58 bits per heavy atom. The molecule has 8 nitrogen and oxygen atoms in total. The maximum atomic E-state index is 11.4. The quantitative estimate of drug-likeness (QED) is 0.249. The van der Waals surface area contributed by atoms with Gasteiger partial charge in [-0.25, -0.2) is 0 Å². The van der Waals surface area contributed by atoms with Crippen LogP contribution in [-0.4, -0.2) is 55.7 Å². The topological polar surface area (TPSA) is 97.4 Å². The summed E-state index contributed by atoms with van der Waals surface area (Å²) in [5.74, 6) is 0.517. The van der Waals surface area contributed by atoms with Crippen molar-refractivity contribution in [3.63, 3.8) is 0 Å². The summed E-state index contributed by atoms with van der Waals surface area (Å²) in [6, 6.07) is 0. The molecular weight excluding hydrogens is 320 g/mol. The van der Waals surface area contributed by atoms with Crippen LogP contribution in [0.15, 0.2) is 0 Å². The molecule has 0 saturated heterocycles. The zero-order valence-electron chi connectivity index (χ0n) is 14.6. The fraction of sp³-hybridized carbons (Fsp3) is 0.688. The summed E-state index contributed by atoms with van der Waals surface area (Å²) in [4.78, 5) is 33.6. The lowest BCUT2D eigenvalue weighted by molar-refractivity contribution is -0.209. The van der Waals surface area contributed by atoms with E-state index in [-0.39, 0.29) is 13.2 Å². The first kappa shape index (κ1) is 21.9. The normalized spacial score (nSPS) is 15.3. The monoisotopic (exact) mass is 344 g/mol. The number of rotatable bonds is 10. The third kappa shape index (κ3) is 9.82. The van der Waals surface area contributed by atoms with Gasteiger partial charge in [0, 0.05) is 20.8 Å². The first-order valence-corrected chi connectivity index (χ1v) is 7.35. The van der Waals surface area contributed by atoms with Gasteiger partial charge in [0.15, 0.2) is 18.5 Å². The van der Waals surface area contributed by atoms with E-state index in [1.165, 1.54) is 20.8 Å². The van der Waals surface area contributed by atoms with E-state index in [0.717, 1.165) is 0 Å². The van der Waals surface area contributed by atoms with Crippen molar-refractivity contribution < 1.29 is 38.1 Å². The van der Waals surface area contributed by atoms with Gasteiger partial charge in [-0.2, -0.15) is 0 Å². The van der Waals surface area contributed by atoms with Crippen LogP contribution in [0.2, 0.25) is 0 Å². The molecule has 0 aliphatic rings. The van der Waals surface area contributed by atoms with Gasteiger partial charge in [0.05, 0.1) is 6.10 Å².